The van der Waals surface area contributed by atoms with E-state index < -0.39 is 26.5 Å². The van der Waals surface area contributed by atoms with Gasteiger partial charge in [0.25, 0.3) is 0 Å². The number of fused-ring (bicyclic) bond motifs is 6. The lowest BCUT2D eigenvalue weighted by Crippen LogP contribution is -2.74. The maximum Gasteiger partial charge on any atom is 0.416 e. The number of hydrogen-bond acceptors (Lipinski definition) is 0. The number of para-hydroxylation sites is 2. The molecule has 57 heavy (non-hydrogen) atoms. The lowest BCUT2D eigenvalue weighted by molar-refractivity contribution is -0.137. The van der Waals surface area contributed by atoms with Crippen molar-refractivity contribution in [1.29, 1.82) is 0 Å². The average molecular weight is 767 g/mol. The summed E-state index contributed by atoms with van der Waals surface area (Å²) in [5.74, 6) is 0. The largest absolute Gasteiger partial charge is 0.416 e. The molecule has 0 atom stereocenters. The van der Waals surface area contributed by atoms with Gasteiger partial charge >= 0.3 is 6.18 Å². The van der Waals surface area contributed by atoms with Gasteiger partial charge < -0.3 is 9.13 Å². The smallest absolute Gasteiger partial charge is 0.309 e. The maximum absolute atomic E-state index is 14.0. The highest BCUT2D eigenvalue weighted by atomic mass is 28.3. The van der Waals surface area contributed by atoms with Crippen molar-refractivity contribution < 1.29 is 17.6 Å². The van der Waals surface area contributed by atoms with Gasteiger partial charge in [0.1, 0.15) is 6.67 Å². The second-order valence-electron chi connectivity index (χ2n) is 14.5. The molecule has 0 unspecified atom stereocenters. The molecular formula is C50H34F4N2Si. The third kappa shape index (κ3) is 5.52. The molecule has 2 heterocycles. The predicted octanol–water partition coefficient (Wildman–Crippen LogP) is 10.7. The Morgan fingerprint density at radius 3 is 1.26 bits per heavy atom. The molecule has 0 aliphatic heterocycles. The first-order valence-corrected chi connectivity index (χ1v) is 20.9. The van der Waals surface area contributed by atoms with Crippen LogP contribution in [-0.4, -0.2) is 17.2 Å². The van der Waals surface area contributed by atoms with E-state index in [-0.39, 0.29) is 0 Å². The van der Waals surface area contributed by atoms with Crippen molar-refractivity contribution >= 4 is 72.4 Å². The van der Waals surface area contributed by atoms with Gasteiger partial charge in [-0.25, -0.2) is 4.39 Å². The second-order valence-corrected chi connectivity index (χ2v) is 18.3. The van der Waals surface area contributed by atoms with Crippen LogP contribution in [0.1, 0.15) is 11.1 Å². The van der Waals surface area contributed by atoms with Crippen molar-refractivity contribution in [3.05, 3.63) is 205 Å². The molecule has 0 amide bonds. The fourth-order valence-electron chi connectivity index (χ4n) is 8.90. The Hall–Kier alpha value is -6.70. The maximum atomic E-state index is 14.0. The fraction of sp³-hybridized carbons (Fsp3) is 0.0400. The Kier molecular flexibility index (Phi) is 8.23. The molecule has 0 bridgehead atoms. The summed E-state index contributed by atoms with van der Waals surface area (Å²) >= 11 is 0. The summed E-state index contributed by atoms with van der Waals surface area (Å²) < 4.78 is 60.2. The van der Waals surface area contributed by atoms with E-state index in [1.807, 2.05) is 83.4 Å². The van der Waals surface area contributed by atoms with Gasteiger partial charge in [0.2, 0.25) is 0 Å². The monoisotopic (exact) mass is 766 g/mol. The fourth-order valence-corrected chi connectivity index (χ4v) is 13.6. The van der Waals surface area contributed by atoms with E-state index in [1.165, 1.54) is 21.6 Å². The predicted molar refractivity (Wildman–Crippen MR) is 229 cm³/mol. The summed E-state index contributed by atoms with van der Waals surface area (Å²) in [5.41, 5.74) is 5.06. The van der Waals surface area contributed by atoms with Crippen LogP contribution in [0.3, 0.4) is 0 Å². The molecule has 10 rings (SSSR count). The number of alkyl halides is 4. The standard InChI is InChI=1S/C50H34F4N2Si/c51-33-34-19-29-44-42-15-7-9-17-46(42)55(48(44)31-34)36-21-25-40(26-22-36)57(38-11-3-1-4-12-38,39-13-5-2-6-14-39)41-27-23-37(24-28-41)56-47-18-10-8-16-43(47)45-30-20-35(32-49(45)56)50(52,53)54/h1-32H,33H2. The van der Waals surface area contributed by atoms with Gasteiger partial charge in [-0.05, 0) is 80.9 Å². The molecule has 276 valence electrons. The van der Waals surface area contributed by atoms with Gasteiger partial charge in [0.05, 0.1) is 27.6 Å². The van der Waals surface area contributed by atoms with Gasteiger partial charge in [-0.3, -0.25) is 0 Å². The third-order valence-corrected chi connectivity index (χ3v) is 16.2. The minimum atomic E-state index is -4.47. The Morgan fingerprint density at radius 1 is 0.386 bits per heavy atom. The van der Waals surface area contributed by atoms with Crippen molar-refractivity contribution in [2.75, 3.05) is 0 Å². The molecule has 0 saturated carbocycles. The van der Waals surface area contributed by atoms with E-state index in [0.717, 1.165) is 60.7 Å². The molecule has 0 saturated heterocycles. The van der Waals surface area contributed by atoms with Crippen LogP contribution in [0.4, 0.5) is 17.6 Å². The molecule has 0 radical (unpaired) electrons. The first-order chi connectivity index (χ1) is 27.9. The highest BCUT2D eigenvalue weighted by Gasteiger charge is 2.41. The quantitative estimate of drug-likeness (QED) is 0.0869. The highest BCUT2D eigenvalue weighted by Crippen LogP contribution is 2.37. The minimum Gasteiger partial charge on any atom is -0.309 e. The van der Waals surface area contributed by atoms with Gasteiger partial charge in [-0.15, -0.1) is 0 Å². The van der Waals surface area contributed by atoms with Gasteiger partial charge in [0, 0.05) is 32.9 Å². The first kappa shape index (κ1) is 34.8. The lowest BCUT2D eigenvalue weighted by Gasteiger charge is -2.34. The third-order valence-electron chi connectivity index (χ3n) is 11.4. The van der Waals surface area contributed by atoms with Crippen LogP contribution in [0.2, 0.25) is 0 Å². The topological polar surface area (TPSA) is 9.86 Å². The number of nitrogens with zero attached hydrogens (tertiary/aromatic N) is 2. The molecular weight excluding hydrogens is 733 g/mol. The van der Waals surface area contributed by atoms with Crippen LogP contribution in [0.15, 0.2) is 194 Å². The molecule has 10 aromatic rings. The second kappa shape index (κ2) is 13.5. The van der Waals surface area contributed by atoms with Crippen molar-refractivity contribution in [2.24, 2.45) is 0 Å². The van der Waals surface area contributed by atoms with E-state index in [4.69, 9.17) is 0 Å². The van der Waals surface area contributed by atoms with Crippen molar-refractivity contribution in [1.82, 2.24) is 9.13 Å². The van der Waals surface area contributed by atoms with Crippen LogP contribution in [0, 0.1) is 0 Å². The van der Waals surface area contributed by atoms with Crippen LogP contribution in [-0.2, 0) is 12.9 Å². The van der Waals surface area contributed by atoms with Crippen LogP contribution in [0.5, 0.6) is 0 Å². The highest BCUT2D eigenvalue weighted by molar-refractivity contribution is 7.19. The SMILES string of the molecule is FCc1ccc2c3ccccc3n(-c3ccc([Si](c4ccccc4)(c4ccccc4)c4ccc(-n5c6ccccc6c6ccc(C(F)(F)F)cc65)cc4)cc3)c2c1. The Balaban J connectivity index is 1.18. The Morgan fingerprint density at radius 2 is 0.789 bits per heavy atom. The number of benzene rings is 8. The zero-order chi connectivity index (χ0) is 38.7. The Bertz CT molecular complexity index is 3040. The molecule has 0 aliphatic carbocycles. The number of halogens is 4. The van der Waals surface area contributed by atoms with Crippen molar-refractivity contribution in [3.63, 3.8) is 0 Å². The normalized spacial score (nSPS) is 12.3. The summed E-state index contributed by atoms with van der Waals surface area (Å²) in [7, 11) is -3.00. The zero-order valence-electron chi connectivity index (χ0n) is 30.6. The average Bonchev–Trinajstić information content (AvgIpc) is 3.77. The summed E-state index contributed by atoms with van der Waals surface area (Å²) in [5, 5.41) is 8.56. The van der Waals surface area contributed by atoms with Crippen LogP contribution in [0.25, 0.3) is 55.0 Å². The number of aromatic nitrogens is 2. The van der Waals surface area contributed by atoms with E-state index in [1.54, 1.807) is 6.07 Å². The summed E-state index contributed by atoms with van der Waals surface area (Å²) in [6.45, 7) is -0.539. The first-order valence-electron chi connectivity index (χ1n) is 18.9. The van der Waals surface area contributed by atoms with Gasteiger partial charge in [-0.2, -0.15) is 13.2 Å². The van der Waals surface area contributed by atoms with Gasteiger partial charge in [-0.1, -0.05) is 140 Å². The van der Waals surface area contributed by atoms with Crippen LogP contribution < -0.4 is 20.7 Å². The van der Waals surface area contributed by atoms with E-state index in [2.05, 4.69) is 102 Å². The molecule has 7 heteroatoms. The van der Waals surface area contributed by atoms with E-state index in [9.17, 15) is 17.6 Å². The number of hydrogen-bond donors (Lipinski definition) is 0. The molecule has 2 nitrogen and oxygen atoms in total. The van der Waals surface area contributed by atoms with Crippen LogP contribution >= 0.6 is 0 Å². The lowest BCUT2D eigenvalue weighted by atomic mass is 10.1. The summed E-state index contributed by atoms with van der Waals surface area (Å²) in [4.78, 5) is 0. The van der Waals surface area contributed by atoms with E-state index >= 15 is 0 Å². The molecule has 8 aromatic carbocycles. The zero-order valence-corrected chi connectivity index (χ0v) is 31.6. The molecule has 0 spiro atoms. The van der Waals surface area contributed by atoms with Crippen molar-refractivity contribution in [3.8, 4) is 11.4 Å². The number of rotatable bonds is 7. The molecule has 0 fully saturated rings. The van der Waals surface area contributed by atoms with E-state index in [0.29, 0.717) is 11.1 Å². The molecule has 0 N–H and O–H groups in total. The summed E-state index contributed by atoms with van der Waals surface area (Å²) in [6, 6.07) is 64.3. The minimum absolute atomic E-state index is 0.507. The molecule has 0 aliphatic rings. The summed E-state index contributed by atoms with van der Waals surface area (Å²) in [6.07, 6.45) is -4.47. The van der Waals surface area contributed by atoms with Crippen molar-refractivity contribution in [2.45, 2.75) is 12.9 Å². The van der Waals surface area contributed by atoms with Gasteiger partial charge in [0.15, 0.2) is 8.07 Å². The molecule has 2 aromatic heterocycles. The Labute approximate surface area is 327 Å².